The minimum Gasteiger partial charge on any atom is -0.480 e. The quantitative estimate of drug-likeness (QED) is 0.162. The van der Waals surface area contributed by atoms with Gasteiger partial charge in [0.05, 0.1) is 0 Å². The van der Waals surface area contributed by atoms with E-state index in [4.69, 9.17) is 21.7 Å². The van der Waals surface area contributed by atoms with Crippen LogP contribution in [0.25, 0.3) is 0 Å². The fourth-order valence-corrected chi connectivity index (χ4v) is 2.78. The zero-order valence-electron chi connectivity index (χ0n) is 17.7. The van der Waals surface area contributed by atoms with E-state index in [0.717, 1.165) is 25.7 Å². The Balaban J connectivity index is 3.45. The zero-order valence-corrected chi connectivity index (χ0v) is 17.7. The molecule has 0 aromatic carbocycles. The summed E-state index contributed by atoms with van der Waals surface area (Å²) in [7, 11) is 0. The summed E-state index contributed by atoms with van der Waals surface area (Å²) in [5.74, 6) is -2.04. The second kappa shape index (κ2) is 17.6. The number of carboxylic acids is 2. The molecule has 174 valence electrons. The lowest BCUT2D eigenvalue weighted by Crippen LogP contribution is -2.30. The summed E-state index contributed by atoms with van der Waals surface area (Å²) in [6, 6.07) is -1.68. The van der Waals surface area contributed by atoms with Gasteiger partial charge in [-0.05, 0) is 51.4 Å². The number of carbonyl (C=O) groups is 4. The van der Waals surface area contributed by atoms with Crippen molar-refractivity contribution < 1.29 is 29.4 Å². The number of hydrogen-bond acceptors (Lipinski definition) is 6. The number of amides is 2. The first-order valence-electron chi connectivity index (χ1n) is 10.7. The summed E-state index contributed by atoms with van der Waals surface area (Å²) >= 11 is 0. The third-order valence-corrected chi connectivity index (χ3v) is 4.72. The van der Waals surface area contributed by atoms with Crippen LogP contribution in [0.1, 0.15) is 77.0 Å². The smallest absolute Gasteiger partial charge is 0.320 e. The fraction of sp³-hybridized carbons (Fsp3) is 0.800. The molecule has 0 radical (unpaired) electrons. The van der Waals surface area contributed by atoms with Gasteiger partial charge >= 0.3 is 11.9 Å². The maximum atomic E-state index is 11.7. The predicted octanol–water partition coefficient (Wildman–Crippen LogP) is 0.724. The van der Waals surface area contributed by atoms with Crippen LogP contribution in [-0.2, 0) is 19.2 Å². The molecule has 10 heteroatoms. The van der Waals surface area contributed by atoms with E-state index in [9.17, 15) is 19.2 Å². The molecule has 0 saturated carbocycles. The largest absolute Gasteiger partial charge is 0.480 e. The Morgan fingerprint density at radius 1 is 0.600 bits per heavy atom. The Labute approximate surface area is 178 Å². The van der Waals surface area contributed by atoms with Crippen LogP contribution in [-0.4, -0.2) is 59.1 Å². The van der Waals surface area contributed by atoms with Gasteiger partial charge in [0.15, 0.2) is 0 Å². The van der Waals surface area contributed by atoms with Gasteiger partial charge in [0.25, 0.3) is 0 Å². The predicted molar refractivity (Wildman–Crippen MR) is 113 cm³/mol. The van der Waals surface area contributed by atoms with Gasteiger partial charge in [-0.1, -0.05) is 12.8 Å². The van der Waals surface area contributed by atoms with Crippen LogP contribution in [0.4, 0.5) is 0 Å². The van der Waals surface area contributed by atoms with Crippen molar-refractivity contribution >= 4 is 23.8 Å². The van der Waals surface area contributed by atoms with Gasteiger partial charge in [0.2, 0.25) is 11.8 Å². The topological polar surface area (TPSA) is 185 Å². The van der Waals surface area contributed by atoms with E-state index >= 15 is 0 Å². The van der Waals surface area contributed by atoms with Gasteiger partial charge in [-0.15, -0.1) is 0 Å². The molecule has 2 atom stereocenters. The lowest BCUT2D eigenvalue weighted by Gasteiger charge is -2.08. The molecule has 0 aliphatic carbocycles. The van der Waals surface area contributed by atoms with Crippen LogP contribution >= 0.6 is 0 Å². The molecule has 0 aliphatic rings. The Morgan fingerprint density at radius 2 is 0.967 bits per heavy atom. The second-order valence-electron chi connectivity index (χ2n) is 7.50. The number of carboxylic acid groups (broad SMARTS) is 2. The van der Waals surface area contributed by atoms with Gasteiger partial charge in [0, 0.05) is 25.9 Å². The van der Waals surface area contributed by atoms with Crippen LogP contribution in [0.3, 0.4) is 0 Å². The van der Waals surface area contributed by atoms with E-state index < -0.39 is 24.0 Å². The third-order valence-electron chi connectivity index (χ3n) is 4.72. The van der Waals surface area contributed by atoms with Crippen molar-refractivity contribution in [1.29, 1.82) is 0 Å². The van der Waals surface area contributed by atoms with E-state index in [1.165, 1.54) is 0 Å². The molecule has 0 unspecified atom stereocenters. The van der Waals surface area contributed by atoms with E-state index in [1.54, 1.807) is 0 Å². The highest BCUT2D eigenvalue weighted by Gasteiger charge is 2.11. The first-order valence-corrected chi connectivity index (χ1v) is 10.7. The van der Waals surface area contributed by atoms with Gasteiger partial charge in [-0.3, -0.25) is 19.2 Å². The lowest BCUT2D eigenvalue weighted by molar-refractivity contribution is -0.139. The Hall–Kier alpha value is -2.20. The molecule has 10 nitrogen and oxygen atoms in total. The minimum atomic E-state index is -1.00. The molecule has 0 aromatic heterocycles. The molecule has 2 amide bonds. The molecule has 0 saturated heterocycles. The van der Waals surface area contributed by atoms with Gasteiger partial charge < -0.3 is 32.3 Å². The Morgan fingerprint density at radius 3 is 1.30 bits per heavy atom. The fourth-order valence-electron chi connectivity index (χ4n) is 2.78. The second-order valence-corrected chi connectivity index (χ2v) is 7.50. The van der Waals surface area contributed by atoms with Crippen molar-refractivity contribution in [3.63, 3.8) is 0 Å². The highest BCUT2D eigenvalue weighted by Crippen LogP contribution is 2.06. The molecule has 0 fully saturated rings. The van der Waals surface area contributed by atoms with Gasteiger partial charge in [-0.25, -0.2) is 0 Å². The number of rotatable bonds is 19. The van der Waals surface area contributed by atoms with Crippen LogP contribution in [0.15, 0.2) is 0 Å². The Kier molecular flexibility index (Phi) is 16.3. The summed E-state index contributed by atoms with van der Waals surface area (Å²) in [5.41, 5.74) is 10.8. The number of unbranched alkanes of at least 4 members (excludes halogenated alkanes) is 5. The molecule has 0 bridgehead atoms. The van der Waals surface area contributed by atoms with Crippen molar-refractivity contribution in [2.75, 3.05) is 13.1 Å². The monoisotopic (exact) mass is 430 g/mol. The van der Waals surface area contributed by atoms with Gasteiger partial charge in [0.1, 0.15) is 12.1 Å². The minimum absolute atomic E-state index is 0.0158. The van der Waals surface area contributed by atoms with Crippen molar-refractivity contribution in [3.8, 4) is 0 Å². The summed E-state index contributed by atoms with van der Waals surface area (Å²) < 4.78 is 0. The van der Waals surface area contributed by atoms with E-state index in [1.807, 2.05) is 0 Å². The molecule has 0 aliphatic heterocycles. The Bertz CT molecular complexity index is 483. The molecule has 0 rings (SSSR count). The van der Waals surface area contributed by atoms with Crippen molar-refractivity contribution in [2.45, 2.75) is 89.1 Å². The van der Waals surface area contributed by atoms with Crippen LogP contribution in [0.5, 0.6) is 0 Å². The standard InChI is InChI=1S/C20H38N4O6/c21-15(19(27)28)9-5-7-13-23-17(25)11-3-1-2-4-12-18(26)24-14-8-6-10-16(22)20(29)30/h15-16H,1-14,21-22H2,(H,23,25)(H,24,26)(H,27,28)(H,29,30)/t15-,16-/m0/s1. The molecule has 30 heavy (non-hydrogen) atoms. The molecule has 0 spiro atoms. The van der Waals surface area contributed by atoms with E-state index in [-0.39, 0.29) is 11.8 Å². The third kappa shape index (κ3) is 16.7. The average Bonchev–Trinajstić information content (AvgIpc) is 2.69. The van der Waals surface area contributed by atoms with E-state index in [2.05, 4.69) is 10.6 Å². The normalized spacial score (nSPS) is 12.7. The number of aliphatic carboxylic acids is 2. The van der Waals surface area contributed by atoms with Crippen molar-refractivity contribution in [2.24, 2.45) is 11.5 Å². The maximum absolute atomic E-state index is 11.7. The summed E-state index contributed by atoms with van der Waals surface area (Å²) in [4.78, 5) is 44.6. The first-order chi connectivity index (χ1) is 14.2. The number of hydrogen-bond donors (Lipinski definition) is 6. The summed E-state index contributed by atoms with van der Waals surface area (Å²) in [5, 5.41) is 23.0. The molecular weight excluding hydrogens is 392 g/mol. The number of nitrogens with one attached hydrogen (secondary N) is 2. The SMILES string of the molecule is N[C@@H](CCCCNC(=O)CCCCCCC(=O)NCCCC[C@H](N)C(=O)O)C(=O)O. The van der Waals surface area contributed by atoms with Gasteiger partial charge in [-0.2, -0.15) is 0 Å². The van der Waals surface area contributed by atoms with Crippen LogP contribution < -0.4 is 22.1 Å². The maximum Gasteiger partial charge on any atom is 0.320 e. The molecular formula is C20H38N4O6. The average molecular weight is 431 g/mol. The number of nitrogens with two attached hydrogens (primary N) is 2. The first kappa shape index (κ1) is 27.8. The highest BCUT2D eigenvalue weighted by atomic mass is 16.4. The summed E-state index contributed by atoms with van der Waals surface area (Å²) in [6.07, 6.45) is 7.69. The molecule has 8 N–H and O–H groups in total. The highest BCUT2D eigenvalue weighted by molar-refractivity contribution is 5.76. The van der Waals surface area contributed by atoms with Crippen LogP contribution in [0, 0.1) is 0 Å². The van der Waals surface area contributed by atoms with Crippen molar-refractivity contribution in [3.05, 3.63) is 0 Å². The number of carbonyl (C=O) groups excluding carboxylic acids is 2. The summed E-state index contributed by atoms with van der Waals surface area (Å²) in [6.45, 7) is 1.04. The molecule has 0 aromatic rings. The zero-order chi connectivity index (χ0) is 22.8. The van der Waals surface area contributed by atoms with Crippen LogP contribution in [0.2, 0.25) is 0 Å². The lowest BCUT2D eigenvalue weighted by atomic mass is 10.1. The van der Waals surface area contributed by atoms with E-state index in [0.29, 0.717) is 64.5 Å². The van der Waals surface area contributed by atoms with Crippen molar-refractivity contribution in [1.82, 2.24) is 10.6 Å². The molecule has 0 heterocycles.